The van der Waals surface area contributed by atoms with E-state index in [0.717, 1.165) is 11.4 Å². The molecule has 2 aromatic rings. The number of nitrogens with one attached hydrogen (secondary N) is 1. The number of pyridine rings is 2. The van der Waals surface area contributed by atoms with Crippen molar-refractivity contribution in [2.75, 3.05) is 6.54 Å². The maximum atomic E-state index is 13.1. The Hall–Kier alpha value is -3.86. The molecule has 11 nitrogen and oxygen atoms in total. The molecule has 0 unspecified atom stereocenters. The Morgan fingerprint density at radius 1 is 0.743 bits per heavy atom. The van der Waals surface area contributed by atoms with E-state index in [1.54, 1.807) is 29.4 Å². The molecule has 0 aliphatic carbocycles. The van der Waals surface area contributed by atoms with Crippen LogP contribution in [0.2, 0.25) is 0 Å². The molecule has 2 aromatic heterocycles. The van der Waals surface area contributed by atoms with Crippen molar-refractivity contribution in [1.82, 2.24) is 20.2 Å². The summed E-state index contributed by atoms with van der Waals surface area (Å²) >= 11 is 0. The van der Waals surface area contributed by atoms with Gasteiger partial charge in [-0.3, -0.25) is 34.0 Å². The predicted molar refractivity (Wildman–Crippen MR) is 124 cm³/mol. The van der Waals surface area contributed by atoms with Gasteiger partial charge in [-0.15, -0.1) is 0 Å². The van der Waals surface area contributed by atoms with Crippen molar-refractivity contribution in [3.63, 3.8) is 0 Å². The number of carbonyl (C=O) groups excluding carboxylic acids is 1. The number of nitrogens with zero attached hydrogens (tertiary/aromatic N) is 3. The summed E-state index contributed by atoms with van der Waals surface area (Å²) in [6, 6.07) is 10.9. The zero-order chi connectivity index (χ0) is 25.7. The lowest BCUT2D eigenvalue weighted by Crippen LogP contribution is -2.52. The molecule has 1 amide bonds. The minimum atomic E-state index is -1.28. The lowest BCUT2D eigenvalue weighted by atomic mass is 9.83. The molecule has 11 heteroatoms. The standard InChI is InChI=1S/C24H30N4O7/c29-20(27-24(10-7-21(30)31,11-8-22(32)33)12-9-23(34)35)17-28(15-18-5-1-3-13-25-18)16-19-6-2-4-14-26-19/h1-6,13-14H,7-12,15-17H2,(H,27,29)(H,30,31)(H,32,33)(H,34,35). The third-order valence-electron chi connectivity index (χ3n) is 5.45. The molecule has 2 heterocycles. The zero-order valence-electron chi connectivity index (χ0n) is 19.3. The van der Waals surface area contributed by atoms with Crippen molar-refractivity contribution >= 4 is 23.8 Å². The van der Waals surface area contributed by atoms with Gasteiger partial charge in [-0.25, -0.2) is 0 Å². The highest BCUT2D eigenvalue weighted by Gasteiger charge is 2.34. The number of carbonyl (C=O) groups is 4. The predicted octanol–water partition coefficient (Wildman–Crippen LogP) is 1.93. The molecule has 0 saturated carbocycles. The first-order valence-corrected chi connectivity index (χ1v) is 11.2. The summed E-state index contributed by atoms with van der Waals surface area (Å²) < 4.78 is 0. The molecule has 0 bridgehead atoms. The summed E-state index contributed by atoms with van der Waals surface area (Å²) in [7, 11) is 0. The van der Waals surface area contributed by atoms with E-state index in [9.17, 15) is 34.5 Å². The first kappa shape index (κ1) is 27.4. The summed E-state index contributed by atoms with van der Waals surface area (Å²) in [5.41, 5.74) is 0.170. The second-order valence-electron chi connectivity index (χ2n) is 8.30. The van der Waals surface area contributed by atoms with Crippen LogP contribution in [0.4, 0.5) is 0 Å². The number of aromatic nitrogens is 2. The van der Waals surface area contributed by atoms with Gasteiger partial charge in [0.05, 0.1) is 17.9 Å². The van der Waals surface area contributed by atoms with Gasteiger partial charge in [0.2, 0.25) is 5.91 Å². The van der Waals surface area contributed by atoms with Gasteiger partial charge in [-0.05, 0) is 43.5 Å². The maximum Gasteiger partial charge on any atom is 0.303 e. The van der Waals surface area contributed by atoms with Gasteiger partial charge in [0, 0.05) is 50.3 Å². The first-order chi connectivity index (χ1) is 16.7. The van der Waals surface area contributed by atoms with E-state index in [-0.39, 0.29) is 45.1 Å². The van der Waals surface area contributed by atoms with E-state index in [0.29, 0.717) is 13.1 Å². The molecule has 0 aliphatic heterocycles. The molecule has 35 heavy (non-hydrogen) atoms. The van der Waals surface area contributed by atoms with Gasteiger partial charge in [0.1, 0.15) is 0 Å². The van der Waals surface area contributed by atoms with E-state index in [4.69, 9.17) is 0 Å². The molecule has 2 rings (SSSR count). The Bertz CT molecular complexity index is 899. The van der Waals surface area contributed by atoms with Crippen LogP contribution in [0, 0.1) is 0 Å². The largest absolute Gasteiger partial charge is 0.481 e. The van der Waals surface area contributed by atoms with E-state index in [2.05, 4.69) is 15.3 Å². The molecular weight excluding hydrogens is 456 g/mol. The van der Waals surface area contributed by atoms with Crippen molar-refractivity contribution in [2.45, 2.75) is 57.2 Å². The highest BCUT2D eigenvalue weighted by atomic mass is 16.4. The van der Waals surface area contributed by atoms with Crippen molar-refractivity contribution in [3.05, 3.63) is 60.2 Å². The molecule has 0 radical (unpaired) electrons. The van der Waals surface area contributed by atoms with Gasteiger partial charge in [0.25, 0.3) is 0 Å². The van der Waals surface area contributed by atoms with Crippen LogP contribution in [0.1, 0.15) is 49.9 Å². The Kier molecular flexibility index (Phi) is 10.8. The van der Waals surface area contributed by atoms with Crippen LogP contribution in [0.3, 0.4) is 0 Å². The summed E-state index contributed by atoms with van der Waals surface area (Å²) in [5, 5.41) is 30.3. The quantitative estimate of drug-likeness (QED) is 0.275. The third kappa shape index (κ3) is 10.7. The van der Waals surface area contributed by atoms with Gasteiger partial charge >= 0.3 is 17.9 Å². The minimum absolute atomic E-state index is 0.0882. The topological polar surface area (TPSA) is 170 Å². The molecular formula is C24H30N4O7. The van der Waals surface area contributed by atoms with Crippen LogP contribution < -0.4 is 5.32 Å². The molecule has 0 fully saturated rings. The van der Waals surface area contributed by atoms with E-state index in [1.165, 1.54) is 0 Å². The van der Waals surface area contributed by atoms with Gasteiger partial charge in [-0.2, -0.15) is 0 Å². The number of carboxylic acid groups (broad SMARTS) is 3. The van der Waals surface area contributed by atoms with E-state index >= 15 is 0 Å². The number of amides is 1. The maximum absolute atomic E-state index is 13.1. The molecule has 188 valence electrons. The van der Waals surface area contributed by atoms with Crippen LogP contribution in [0.25, 0.3) is 0 Å². The van der Waals surface area contributed by atoms with Crippen LogP contribution in [0.15, 0.2) is 48.8 Å². The SMILES string of the molecule is O=C(O)CCC(CCC(=O)O)(CCC(=O)O)NC(=O)CN(Cc1ccccn1)Cc1ccccn1. The average molecular weight is 487 g/mol. The van der Waals surface area contributed by atoms with Crippen LogP contribution >= 0.6 is 0 Å². The van der Waals surface area contributed by atoms with Crippen molar-refractivity contribution in [1.29, 1.82) is 0 Å². The second-order valence-corrected chi connectivity index (χ2v) is 8.30. The monoisotopic (exact) mass is 486 g/mol. The number of hydrogen-bond acceptors (Lipinski definition) is 7. The van der Waals surface area contributed by atoms with Gasteiger partial charge in [0.15, 0.2) is 0 Å². The molecule has 0 saturated heterocycles. The Balaban J connectivity index is 2.23. The lowest BCUT2D eigenvalue weighted by Gasteiger charge is -2.35. The Morgan fingerprint density at radius 3 is 1.51 bits per heavy atom. The van der Waals surface area contributed by atoms with Crippen LogP contribution in [0.5, 0.6) is 0 Å². The number of rotatable bonds is 16. The van der Waals surface area contributed by atoms with Crippen molar-refractivity contribution in [3.8, 4) is 0 Å². The summed E-state index contributed by atoms with van der Waals surface area (Å²) in [6.45, 7) is 0.552. The minimum Gasteiger partial charge on any atom is -0.481 e. The molecule has 4 N–H and O–H groups in total. The zero-order valence-corrected chi connectivity index (χ0v) is 19.3. The fourth-order valence-electron chi connectivity index (χ4n) is 3.75. The molecule has 0 aliphatic rings. The first-order valence-electron chi connectivity index (χ1n) is 11.2. The second kappa shape index (κ2) is 13.8. The number of aliphatic carboxylic acids is 3. The van der Waals surface area contributed by atoms with E-state index in [1.807, 2.05) is 24.3 Å². The molecule has 0 spiro atoms. The van der Waals surface area contributed by atoms with E-state index < -0.39 is 29.4 Å². The number of carboxylic acids is 3. The average Bonchev–Trinajstić information content (AvgIpc) is 2.81. The summed E-state index contributed by atoms with van der Waals surface area (Å²) in [5.74, 6) is -3.85. The van der Waals surface area contributed by atoms with Gasteiger partial charge < -0.3 is 20.6 Å². The summed E-state index contributed by atoms with van der Waals surface area (Å²) in [6.07, 6.45) is 1.99. The number of hydrogen-bond donors (Lipinski definition) is 4. The molecule has 0 atom stereocenters. The van der Waals surface area contributed by atoms with Crippen LogP contribution in [-0.4, -0.2) is 66.1 Å². The smallest absolute Gasteiger partial charge is 0.303 e. The van der Waals surface area contributed by atoms with Crippen LogP contribution in [-0.2, 0) is 32.3 Å². The lowest BCUT2D eigenvalue weighted by molar-refractivity contribution is -0.139. The Morgan fingerprint density at radius 2 is 1.17 bits per heavy atom. The Labute approximate surface area is 202 Å². The van der Waals surface area contributed by atoms with Crippen molar-refractivity contribution in [2.24, 2.45) is 0 Å². The summed E-state index contributed by atoms with van der Waals surface area (Å²) in [4.78, 5) is 57.2. The normalized spacial score (nSPS) is 11.2. The fraction of sp³-hybridized carbons (Fsp3) is 0.417. The highest BCUT2D eigenvalue weighted by molar-refractivity contribution is 5.79. The highest BCUT2D eigenvalue weighted by Crippen LogP contribution is 2.26. The third-order valence-corrected chi connectivity index (χ3v) is 5.45. The molecule has 0 aromatic carbocycles. The van der Waals surface area contributed by atoms with Crippen molar-refractivity contribution < 1.29 is 34.5 Å². The van der Waals surface area contributed by atoms with Gasteiger partial charge in [-0.1, -0.05) is 12.1 Å². The fourth-order valence-corrected chi connectivity index (χ4v) is 3.75.